The van der Waals surface area contributed by atoms with Crippen molar-refractivity contribution < 1.29 is 9.53 Å². The molecule has 0 bridgehead atoms. The number of hydrogen-bond acceptors (Lipinski definition) is 5. The second kappa shape index (κ2) is 9.03. The maximum atomic E-state index is 12.6. The summed E-state index contributed by atoms with van der Waals surface area (Å²) in [6.45, 7) is 11.8. The van der Waals surface area contributed by atoms with Gasteiger partial charge in [-0.15, -0.1) is 0 Å². The lowest BCUT2D eigenvalue weighted by atomic mass is 9.94. The van der Waals surface area contributed by atoms with Crippen LogP contribution in [0.4, 0.5) is 0 Å². The van der Waals surface area contributed by atoms with Gasteiger partial charge in [0.1, 0.15) is 22.9 Å². The first-order valence-electron chi connectivity index (χ1n) is 10.5. The molecule has 2 aromatic rings. The SMILES string of the molecule is CCCN(C)C(=O)c1cncc(-c2cn(CC3CCOCC3)c(C(C)(C)C)n2)n1. The Hall–Kier alpha value is -2.28. The maximum Gasteiger partial charge on any atom is 0.273 e. The molecule has 0 atom stereocenters. The van der Waals surface area contributed by atoms with Gasteiger partial charge in [-0.05, 0) is 25.2 Å². The fraction of sp³-hybridized carbons (Fsp3) is 0.636. The standard InChI is InChI=1S/C22H33N5O2/c1-6-9-26(5)20(28)18-13-23-12-17(24-18)19-15-27(21(25-19)22(2,3)4)14-16-7-10-29-11-8-16/h12-13,15-16H,6-11,14H2,1-5H3. The van der Waals surface area contributed by atoms with Crippen LogP contribution in [0.25, 0.3) is 11.4 Å². The van der Waals surface area contributed by atoms with Crippen molar-refractivity contribution in [2.75, 3.05) is 26.8 Å². The second-order valence-corrected chi connectivity index (χ2v) is 8.92. The smallest absolute Gasteiger partial charge is 0.273 e. The Kier molecular flexibility index (Phi) is 6.67. The van der Waals surface area contributed by atoms with E-state index in [1.165, 1.54) is 6.20 Å². The van der Waals surface area contributed by atoms with Gasteiger partial charge in [0, 0.05) is 45.0 Å². The van der Waals surface area contributed by atoms with Crippen LogP contribution in [0.2, 0.25) is 0 Å². The van der Waals surface area contributed by atoms with Crippen LogP contribution in [-0.4, -0.2) is 57.1 Å². The van der Waals surface area contributed by atoms with Crippen molar-refractivity contribution in [1.82, 2.24) is 24.4 Å². The number of amides is 1. The van der Waals surface area contributed by atoms with Crippen LogP contribution in [0.1, 0.15) is 63.3 Å². The molecule has 7 heteroatoms. The molecule has 3 heterocycles. The number of rotatable bonds is 6. The van der Waals surface area contributed by atoms with Crippen molar-refractivity contribution in [3.8, 4) is 11.4 Å². The first-order chi connectivity index (χ1) is 13.8. The lowest BCUT2D eigenvalue weighted by molar-refractivity contribution is 0.0607. The molecular weight excluding hydrogens is 366 g/mol. The van der Waals surface area contributed by atoms with Gasteiger partial charge in [0.2, 0.25) is 0 Å². The van der Waals surface area contributed by atoms with Crippen molar-refractivity contribution in [3.05, 3.63) is 30.1 Å². The fourth-order valence-corrected chi connectivity index (χ4v) is 3.71. The zero-order valence-corrected chi connectivity index (χ0v) is 18.3. The van der Waals surface area contributed by atoms with Crippen molar-refractivity contribution in [2.45, 2.75) is 58.9 Å². The number of carbonyl (C=O) groups is 1. The van der Waals surface area contributed by atoms with Crippen LogP contribution in [0, 0.1) is 5.92 Å². The van der Waals surface area contributed by atoms with Gasteiger partial charge in [0.05, 0.1) is 12.4 Å². The van der Waals surface area contributed by atoms with Gasteiger partial charge < -0.3 is 14.2 Å². The summed E-state index contributed by atoms with van der Waals surface area (Å²) in [5.41, 5.74) is 1.67. The number of aromatic nitrogens is 4. The number of hydrogen-bond donors (Lipinski definition) is 0. The van der Waals surface area contributed by atoms with Crippen LogP contribution in [-0.2, 0) is 16.7 Å². The van der Waals surface area contributed by atoms with Gasteiger partial charge in [-0.3, -0.25) is 9.78 Å². The minimum absolute atomic E-state index is 0.0916. The Morgan fingerprint density at radius 1 is 1.21 bits per heavy atom. The second-order valence-electron chi connectivity index (χ2n) is 8.92. The molecule has 0 aromatic carbocycles. The number of carbonyl (C=O) groups excluding carboxylic acids is 1. The zero-order chi connectivity index (χ0) is 21.0. The largest absolute Gasteiger partial charge is 0.381 e. The Morgan fingerprint density at radius 3 is 2.59 bits per heavy atom. The zero-order valence-electron chi connectivity index (χ0n) is 18.3. The van der Waals surface area contributed by atoms with Gasteiger partial charge in [-0.2, -0.15) is 0 Å². The molecule has 0 spiro atoms. The molecule has 1 aliphatic rings. The summed E-state index contributed by atoms with van der Waals surface area (Å²) >= 11 is 0. The van der Waals surface area contributed by atoms with Gasteiger partial charge in [0.25, 0.3) is 5.91 Å². The van der Waals surface area contributed by atoms with Crippen LogP contribution >= 0.6 is 0 Å². The van der Waals surface area contributed by atoms with Crippen LogP contribution in [0.15, 0.2) is 18.6 Å². The minimum atomic E-state index is -0.112. The van der Waals surface area contributed by atoms with Gasteiger partial charge in [-0.1, -0.05) is 27.7 Å². The van der Waals surface area contributed by atoms with Crippen LogP contribution < -0.4 is 0 Å². The van der Waals surface area contributed by atoms with Crippen LogP contribution in [0.3, 0.4) is 0 Å². The summed E-state index contributed by atoms with van der Waals surface area (Å²) in [5.74, 6) is 1.51. The molecule has 0 radical (unpaired) electrons. The Labute approximate surface area is 173 Å². The average Bonchev–Trinajstić information content (AvgIpc) is 3.13. The summed E-state index contributed by atoms with van der Waals surface area (Å²) in [5, 5.41) is 0. The summed E-state index contributed by atoms with van der Waals surface area (Å²) in [7, 11) is 1.79. The van der Waals surface area contributed by atoms with Gasteiger partial charge >= 0.3 is 0 Å². The third kappa shape index (κ3) is 5.21. The van der Waals surface area contributed by atoms with E-state index in [0.717, 1.165) is 50.5 Å². The molecule has 3 rings (SSSR count). The molecule has 0 saturated carbocycles. The average molecular weight is 400 g/mol. The van der Waals surface area contributed by atoms with Crippen molar-refractivity contribution in [1.29, 1.82) is 0 Å². The fourth-order valence-electron chi connectivity index (χ4n) is 3.71. The number of ether oxygens (including phenoxy) is 1. The van der Waals surface area contributed by atoms with E-state index in [9.17, 15) is 4.79 Å². The molecule has 0 aliphatic carbocycles. The third-order valence-electron chi connectivity index (χ3n) is 5.26. The van der Waals surface area contributed by atoms with E-state index in [1.54, 1.807) is 18.1 Å². The van der Waals surface area contributed by atoms with Gasteiger partial charge in [0.15, 0.2) is 0 Å². The van der Waals surface area contributed by atoms with E-state index < -0.39 is 0 Å². The van der Waals surface area contributed by atoms with E-state index in [4.69, 9.17) is 9.72 Å². The Bertz CT molecular complexity index is 834. The third-order valence-corrected chi connectivity index (χ3v) is 5.26. The van der Waals surface area contributed by atoms with E-state index in [1.807, 2.05) is 6.92 Å². The maximum absolute atomic E-state index is 12.6. The Morgan fingerprint density at radius 2 is 1.93 bits per heavy atom. The molecule has 1 fully saturated rings. The molecule has 0 N–H and O–H groups in total. The minimum Gasteiger partial charge on any atom is -0.381 e. The molecule has 1 saturated heterocycles. The number of imidazole rings is 1. The molecule has 158 valence electrons. The first-order valence-corrected chi connectivity index (χ1v) is 10.5. The van der Waals surface area contributed by atoms with E-state index in [-0.39, 0.29) is 11.3 Å². The molecule has 0 unspecified atom stereocenters. The van der Waals surface area contributed by atoms with Crippen LogP contribution in [0.5, 0.6) is 0 Å². The van der Waals surface area contributed by atoms with E-state index in [2.05, 4.69) is 41.5 Å². The van der Waals surface area contributed by atoms with Crippen molar-refractivity contribution >= 4 is 5.91 Å². The highest BCUT2D eigenvalue weighted by molar-refractivity contribution is 5.92. The summed E-state index contributed by atoms with van der Waals surface area (Å²) in [6, 6.07) is 0. The predicted molar refractivity (Wildman–Crippen MR) is 113 cm³/mol. The highest BCUT2D eigenvalue weighted by atomic mass is 16.5. The highest BCUT2D eigenvalue weighted by Gasteiger charge is 2.25. The van der Waals surface area contributed by atoms with E-state index >= 15 is 0 Å². The molecule has 2 aromatic heterocycles. The molecule has 1 amide bonds. The van der Waals surface area contributed by atoms with Crippen molar-refractivity contribution in [2.24, 2.45) is 5.92 Å². The summed E-state index contributed by atoms with van der Waals surface area (Å²) in [4.78, 5) is 28.0. The highest BCUT2D eigenvalue weighted by Crippen LogP contribution is 2.28. The van der Waals surface area contributed by atoms with Gasteiger partial charge in [-0.25, -0.2) is 9.97 Å². The number of nitrogens with zero attached hydrogens (tertiary/aromatic N) is 5. The monoisotopic (exact) mass is 399 g/mol. The summed E-state index contributed by atoms with van der Waals surface area (Å²) < 4.78 is 7.76. The molecule has 1 aliphatic heterocycles. The lowest BCUT2D eigenvalue weighted by Gasteiger charge is -2.25. The Balaban J connectivity index is 1.90. The van der Waals surface area contributed by atoms with E-state index in [0.29, 0.717) is 23.9 Å². The first kappa shape index (κ1) is 21.4. The molecule has 7 nitrogen and oxygen atoms in total. The summed E-state index contributed by atoms with van der Waals surface area (Å²) in [6.07, 6.45) is 8.33. The molecular formula is C22H33N5O2. The normalized spacial score (nSPS) is 15.5. The topological polar surface area (TPSA) is 73.1 Å². The lowest BCUT2D eigenvalue weighted by Crippen LogP contribution is -2.28. The van der Waals surface area contributed by atoms with Crippen molar-refractivity contribution in [3.63, 3.8) is 0 Å². The quantitative estimate of drug-likeness (QED) is 0.743. The molecule has 29 heavy (non-hydrogen) atoms. The predicted octanol–water partition coefficient (Wildman–Crippen LogP) is 3.55.